The summed E-state index contributed by atoms with van der Waals surface area (Å²) >= 11 is 1.33. The molecule has 1 saturated heterocycles. The van der Waals surface area contributed by atoms with E-state index in [4.69, 9.17) is 0 Å². The molecule has 9 heteroatoms. The van der Waals surface area contributed by atoms with E-state index in [1.54, 1.807) is 18.2 Å². The van der Waals surface area contributed by atoms with Crippen molar-refractivity contribution in [1.29, 1.82) is 0 Å². The standard InChI is InChI=1S/C32H28F2N2O4S/c1-18-5-4-6-21(17-18)28(37)25-26(20-7-9-22(33)10-8-20)32(3,30(38)39)36(27(25)29-19(2)15-16-41-29)31(40)35-24-13-11-23(34)12-14-24/h4-17,25-27H,1-3H3,(H,35,40)(H,38,39). The molecule has 1 aromatic heterocycles. The summed E-state index contributed by atoms with van der Waals surface area (Å²) in [5.41, 5.74) is 0.774. The second-order valence-corrected chi connectivity index (χ2v) is 11.4. The van der Waals surface area contributed by atoms with Crippen LogP contribution < -0.4 is 5.32 Å². The Hall–Kier alpha value is -4.37. The van der Waals surface area contributed by atoms with E-state index >= 15 is 0 Å². The number of hydrogen-bond acceptors (Lipinski definition) is 4. The van der Waals surface area contributed by atoms with Crippen LogP contribution in [0.4, 0.5) is 19.3 Å². The molecule has 0 bridgehead atoms. The zero-order valence-corrected chi connectivity index (χ0v) is 23.4. The maximum absolute atomic E-state index is 14.5. The summed E-state index contributed by atoms with van der Waals surface area (Å²) in [6.07, 6.45) is 0. The first-order valence-electron chi connectivity index (χ1n) is 13.0. The number of aliphatic carboxylic acids is 1. The Morgan fingerprint density at radius 2 is 1.56 bits per heavy atom. The molecule has 41 heavy (non-hydrogen) atoms. The van der Waals surface area contributed by atoms with Gasteiger partial charge in [0.15, 0.2) is 5.78 Å². The molecule has 1 aliphatic heterocycles. The maximum atomic E-state index is 14.5. The molecule has 0 spiro atoms. The Kier molecular flexibility index (Phi) is 7.48. The van der Waals surface area contributed by atoms with Gasteiger partial charge in [0.25, 0.3) is 0 Å². The van der Waals surface area contributed by atoms with E-state index in [9.17, 15) is 28.3 Å². The molecule has 3 aromatic carbocycles. The molecule has 1 aliphatic rings. The molecular weight excluding hydrogens is 546 g/mol. The maximum Gasteiger partial charge on any atom is 0.330 e. The number of urea groups is 1. The number of amides is 2. The Labute approximate surface area is 240 Å². The summed E-state index contributed by atoms with van der Waals surface area (Å²) in [6, 6.07) is 17.6. The topological polar surface area (TPSA) is 86.7 Å². The fraction of sp³-hybridized carbons (Fsp3) is 0.219. The molecule has 2 heterocycles. The quantitative estimate of drug-likeness (QED) is 0.236. The van der Waals surface area contributed by atoms with E-state index in [-0.39, 0.29) is 11.5 Å². The number of halogens is 2. The lowest BCUT2D eigenvalue weighted by Gasteiger charge is -2.37. The van der Waals surface area contributed by atoms with Crippen molar-refractivity contribution in [1.82, 2.24) is 4.90 Å². The molecular formula is C32H28F2N2O4S. The third kappa shape index (κ3) is 5.02. The third-order valence-electron chi connectivity index (χ3n) is 7.84. The second kappa shape index (κ2) is 10.9. The van der Waals surface area contributed by atoms with Crippen LogP contribution in [0.3, 0.4) is 0 Å². The van der Waals surface area contributed by atoms with Crippen LogP contribution in [0, 0.1) is 31.4 Å². The summed E-state index contributed by atoms with van der Waals surface area (Å²) in [6.45, 7) is 5.13. The van der Waals surface area contributed by atoms with E-state index in [0.29, 0.717) is 16.0 Å². The number of carbonyl (C=O) groups excluding carboxylic acids is 2. The predicted octanol–water partition coefficient (Wildman–Crippen LogP) is 7.36. The fourth-order valence-electron chi connectivity index (χ4n) is 5.88. The number of carboxylic acids is 1. The van der Waals surface area contributed by atoms with Crippen LogP contribution in [-0.2, 0) is 4.79 Å². The SMILES string of the molecule is Cc1cccc(C(=O)C2C(c3sccc3C)N(C(=O)Nc3ccc(F)cc3)C(C)(C(=O)O)C2c2ccc(F)cc2)c1. The Morgan fingerprint density at radius 1 is 0.927 bits per heavy atom. The molecule has 0 aliphatic carbocycles. The van der Waals surface area contributed by atoms with Gasteiger partial charge in [-0.1, -0.05) is 35.9 Å². The number of nitrogens with zero attached hydrogens (tertiary/aromatic N) is 1. The number of rotatable bonds is 6. The number of carboxylic acid groups (broad SMARTS) is 1. The van der Waals surface area contributed by atoms with Crippen molar-refractivity contribution in [3.8, 4) is 0 Å². The molecule has 2 amide bonds. The minimum atomic E-state index is -1.94. The zero-order chi connectivity index (χ0) is 29.5. The van der Waals surface area contributed by atoms with Crippen molar-refractivity contribution in [2.45, 2.75) is 38.3 Å². The van der Waals surface area contributed by atoms with Crippen molar-refractivity contribution in [2.75, 3.05) is 5.32 Å². The number of thiophene rings is 1. The Balaban J connectivity index is 1.76. The monoisotopic (exact) mass is 574 g/mol. The van der Waals surface area contributed by atoms with Crippen LogP contribution in [0.1, 0.15) is 50.8 Å². The smallest absolute Gasteiger partial charge is 0.330 e. The average molecular weight is 575 g/mol. The van der Waals surface area contributed by atoms with Crippen LogP contribution in [0.5, 0.6) is 0 Å². The second-order valence-electron chi connectivity index (χ2n) is 10.5. The van der Waals surface area contributed by atoms with E-state index in [1.807, 2.05) is 31.4 Å². The molecule has 0 saturated carbocycles. The summed E-state index contributed by atoms with van der Waals surface area (Å²) in [7, 11) is 0. The van der Waals surface area contributed by atoms with Gasteiger partial charge < -0.3 is 10.4 Å². The van der Waals surface area contributed by atoms with Gasteiger partial charge in [0.1, 0.15) is 17.2 Å². The Bertz CT molecular complexity index is 1620. The van der Waals surface area contributed by atoms with E-state index in [2.05, 4.69) is 5.32 Å². The van der Waals surface area contributed by atoms with Crippen LogP contribution >= 0.6 is 11.3 Å². The van der Waals surface area contributed by atoms with Gasteiger partial charge in [-0.25, -0.2) is 18.4 Å². The van der Waals surface area contributed by atoms with E-state index < -0.39 is 47.1 Å². The van der Waals surface area contributed by atoms with Crippen LogP contribution in [-0.4, -0.2) is 33.3 Å². The normalized spacial score (nSPS) is 22.0. The van der Waals surface area contributed by atoms with Crippen molar-refractivity contribution >= 4 is 34.8 Å². The van der Waals surface area contributed by atoms with Crippen molar-refractivity contribution in [2.24, 2.45) is 5.92 Å². The molecule has 2 N–H and O–H groups in total. The van der Waals surface area contributed by atoms with Gasteiger partial charge in [-0.05, 0) is 85.8 Å². The highest BCUT2D eigenvalue weighted by molar-refractivity contribution is 7.10. The van der Waals surface area contributed by atoms with Crippen molar-refractivity contribution < 1.29 is 28.3 Å². The van der Waals surface area contributed by atoms with Gasteiger partial charge in [0.05, 0.1) is 12.0 Å². The fourth-order valence-corrected chi connectivity index (χ4v) is 6.94. The summed E-state index contributed by atoms with van der Waals surface area (Å²) in [5.74, 6) is -4.72. The highest BCUT2D eigenvalue weighted by atomic mass is 32.1. The molecule has 5 rings (SSSR count). The summed E-state index contributed by atoms with van der Waals surface area (Å²) in [4.78, 5) is 43.8. The predicted molar refractivity (Wildman–Crippen MR) is 153 cm³/mol. The average Bonchev–Trinajstić information content (AvgIpc) is 3.48. The Morgan fingerprint density at radius 3 is 2.12 bits per heavy atom. The molecule has 210 valence electrons. The lowest BCUT2D eigenvalue weighted by molar-refractivity contribution is -0.148. The number of hydrogen-bond donors (Lipinski definition) is 2. The van der Waals surface area contributed by atoms with E-state index in [0.717, 1.165) is 11.1 Å². The van der Waals surface area contributed by atoms with Gasteiger partial charge in [-0.2, -0.15) is 0 Å². The van der Waals surface area contributed by atoms with Gasteiger partial charge in [0, 0.05) is 22.0 Å². The van der Waals surface area contributed by atoms with Crippen molar-refractivity contribution in [3.05, 3.63) is 123 Å². The number of aryl methyl sites for hydroxylation is 2. The minimum absolute atomic E-state index is 0.262. The van der Waals surface area contributed by atoms with Crippen LogP contribution in [0.2, 0.25) is 0 Å². The number of anilines is 1. The first-order chi connectivity index (χ1) is 19.5. The summed E-state index contributed by atoms with van der Waals surface area (Å²) in [5, 5.41) is 15.4. The first-order valence-corrected chi connectivity index (χ1v) is 13.9. The zero-order valence-electron chi connectivity index (χ0n) is 22.6. The van der Waals surface area contributed by atoms with E-state index in [1.165, 1.54) is 71.7 Å². The molecule has 4 atom stereocenters. The van der Waals surface area contributed by atoms with Crippen LogP contribution in [0.15, 0.2) is 84.2 Å². The highest BCUT2D eigenvalue weighted by Gasteiger charge is 2.65. The molecule has 0 radical (unpaired) electrons. The molecule has 4 aromatic rings. The first kappa shape index (κ1) is 28.2. The molecule has 1 fully saturated rings. The molecule has 4 unspecified atom stereocenters. The highest BCUT2D eigenvalue weighted by Crippen LogP contribution is 2.57. The molecule has 6 nitrogen and oxygen atoms in total. The van der Waals surface area contributed by atoms with Crippen LogP contribution in [0.25, 0.3) is 0 Å². The third-order valence-corrected chi connectivity index (χ3v) is 8.93. The number of likely N-dealkylation sites (tertiary alicyclic amines) is 1. The number of benzene rings is 3. The van der Waals surface area contributed by atoms with Gasteiger partial charge >= 0.3 is 12.0 Å². The van der Waals surface area contributed by atoms with Gasteiger partial charge in [-0.3, -0.25) is 9.69 Å². The number of ketones is 1. The van der Waals surface area contributed by atoms with Gasteiger partial charge in [-0.15, -0.1) is 11.3 Å². The lowest BCUT2D eigenvalue weighted by atomic mass is 9.72. The summed E-state index contributed by atoms with van der Waals surface area (Å²) < 4.78 is 27.6. The lowest BCUT2D eigenvalue weighted by Crippen LogP contribution is -2.55. The minimum Gasteiger partial charge on any atom is -0.479 e. The number of nitrogens with one attached hydrogen (secondary N) is 1. The number of carbonyl (C=O) groups is 3. The largest absolute Gasteiger partial charge is 0.479 e. The van der Waals surface area contributed by atoms with Crippen molar-refractivity contribution in [3.63, 3.8) is 0 Å². The number of Topliss-reactive ketones (excluding diaryl/α,β-unsaturated/α-hetero) is 1. The van der Waals surface area contributed by atoms with Gasteiger partial charge in [0.2, 0.25) is 0 Å².